The maximum absolute atomic E-state index is 6.45. The van der Waals surface area contributed by atoms with Crippen LogP contribution < -0.4 is 5.32 Å². The van der Waals surface area contributed by atoms with Gasteiger partial charge in [0.1, 0.15) is 5.58 Å². The second-order valence-electron chi connectivity index (χ2n) is 7.68. The van der Waals surface area contributed by atoms with Crippen LogP contribution in [-0.4, -0.2) is 0 Å². The Morgan fingerprint density at radius 3 is 2.60 bits per heavy atom. The molecule has 0 atom stereocenters. The van der Waals surface area contributed by atoms with Gasteiger partial charge in [-0.3, -0.25) is 0 Å². The fourth-order valence-electron chi connectivity index (χ4n) is 3.44. The van der Waals surface area contributed by atoms with Gasteiger partial charge in [-0.25, -0.2) is 0 Å². The highest BCUT2D eigenvalue weighted by atomic mass is 16.3. The Labute approximate surface area is 150 Å². The molecule has 0 amide bonds. The molecule has 0 bridgehead atoms. The third-order valence-electron chi connectivity index (χ3n) is 4.82. The zero-order valence-corrected chi connectivity index (χ0v) is 15.7. The minimum atomic E-state index is 0.0430. The topological polar surface area (TPSA) is 25.2 Å². The van der Waals surface area contributed by atoms with Crippen molar-refractivity contribution in [2.24, 2.45) is 0 Å². The van der Waals surface area contributed by atoms with Crippen molar-refractivity contribution in [3.63, 3.8) is 0 Å². The number of fused-ring (bicyclic) bond motifs is 3. The van der Waals surface area contributed by atoms with Gasteiger partial charge in [0.2, 0.25) is 0 Å². The van der Waals surface area contributed by atoms with Gasteiger partial charge in [0.15, 0.2) is 5.76 Å². The number of allylic oxidation sites excluding steroid dienone is 4. The molecular formula is C23H27NO. The van der Waals surface area contributed by atoms with Gasteiger partial charge in [-0.2, -0.15) is 0 Å². The standard InChI is InChI=1S/C23H27NO/c1-7-10-16(8-2)24-20-15(3)13-14-18-17-11-9-12-19(23(4,5)6)21(17)25-22(18)20/h7-12,24H,1-2,13-14H2,3-6H3/b16-10+. The highest BCUT2D eigenvalue weighted by Gasteiger charge is 2.27. The number of benzene rings is 1. The molecule has 0 unspecified atom stereocenters. The predicted octanol–water partition coefficient (Wildman–Crippen LogP) is 6.25. The molecule has 2 heteroatoms. The lowest BCUT2D eigenvalue weighted by Gasteiger charge is -2.19. The number of nitrogens with one attached hydrogen (secondary N) is 1. The molecule has 1 N–H and O–H groups in total. The first-order chi connectivity index (χ1) is 11.9. The van der Waals surface area contributed by atoms with Crippen molar-refractivity contribution in [1.29, 1.82) is 0 Å². The Hall–Kier alpha value is -2.48. The zero-order valence-electron chi connectivity index (χ0n) is 15.7. The fraction of sp³-hybridized carbons (Fsp3) is 0.304. The van der Waals surface area contributed by atoms with E-state index in [-0.39, 0.29) is 5.41 Å². The lowest BCUT2D eigenvalue weighted by molar-refractivity contribution is 0.545. The summed E-state index contributed by atoms with van der Waals surface area (Å²) in [6.07, 6.45) is 7.54. The third kappa shape index (κ3) is 3.09. The molecular weight excluding hydrogens is 306 g/mol. The summed E-state index contributed by atoms with van der Waals surface area (Å²) in [6, 6.07) is 6.50. The van der Waals surface area contributed by atoms with Gasteiger partial charge in [-0.05, 0) is 42.9 Å². The lowest BCUT2D eigenvalue weighted by atomic mass is 9.85. The highest BCUT2D eigenvalue weighted by Crippen LogP contribution is 2.40. The van der Waals surface area contributed by atoms with Crippen molar-refractivity contribution >= 4 is 16.7 Å². The average Bonchev–Trinajstić information content (AvgIpc) is 2.94. The molecule has 3 rings (SSSR count). The smallest absolute Gasteiger partial charge is 0.154 e. The number of hydrogen-bond acceptors (Lipinski definition) is 2. The summed E-state index contributed by atoms with van der Waals surface area (Å²) in [5.41, 5.74) is 6.90. The van der Waals surface area contributed by atoms with E-state index in [9.17, 15) is 0 Å². The normalized spacial score (nSPS) is 15.3. The van der Waals surface area contributed by atoms with Crippen LogP contribution in [0.2, 0.25) is 0 Å². The second kappa shape index (κ2) is 6.44. The van der Waals surface area contributed by atoms with E-state index in [1.807, 2.05) is 6.08 Å². The Morgan fingerprint density at radius 2 is 1.96 bits per heavy atom. The molecule has 1 heterocycles. The molecule has 0 fully saturated rings. The Balaban J connectivity index is 2.19. The summed E-state index contributed by atoms with van der Waals surface area (Å²) in [5, 5.41) is 4.73. The molecule has 1 aromatic carbocycles. The van der Waals surface area contributed by atoms with E-state index in [1.165, 1.54) is 22.1 Å². The first kappa shape index (κ1) is 17.3. The van der Waals surface area contributed by atoms with E-state index in [0.29, 0.717) is 0 Å². The summed E-state index contributed by atoms with van der Waals surface area (Å²) >= 11 is 0. The van der Waals surface area contributed by atoms with E-state index >= 15 is 0 Å². The van der Waals surface area contributed by atoms with Crippen LogP contribution in [0.15, 0.2) is 65.3 Å². The molecule has 2 nitrogen and oxygen atoms in total. The molecule has 0 saturated carbocycles. The average molecular weight is 333 g/mol. The summed E-state index contributed by atoms with van der Waals surface area (Å²) in [7, 11) is 0. The molecule has 130 valence electrons. The fourth-order valence-corrected chi connectivity index (χ4v) is 3.44. The summed E-state index contributed by atoms with van der Waals surface area (Å²) in [6.45, 7) is 16.5. The first-order valence-corrected chi connectivity index (χ1v) is 8.84. The van der Waals surface area contributed by atoms with Crippen LogP contribution in [0, 0.1) is 0 Å². The minimum absolute atomic E-state index is 0.0430. The van der Waals surface area contributed by atoms with Crippen molar-refractivity contribution in [2.75, 3.05) is 0 Å². The molecule has 1 aromatic heterocycles. The van der Waals surface area contributed by atoms with Crippen LogP contribution in [-0.2, 0) is 11.8 Å². The molecule has 0 spiro atoms. The molecule has 0 radical (unpaired) electrons. The number of para-hydroxylation sites is 1. The van der Waals surface area contributed by atoms with Crippen molar-refractivity contribution in [3.8, 4) is 0 Å². The monoisotopic (exact) mass is 333 g/mol. The first-order valence-electron chi connectivity index (χ1n) is 8.84. The lowest BCUT2D eigenvalue weighted by Crippen LogP contribution is -2.15. The van der Waals surface area contributed by atoms with Gasteiger partial charge < -0.3 is 9.73 Å². The van der Waals surface area contributed by atoms with Crippen LogP contribution in [0.5, 0.6) is 0 Å². The minimum Gasteiger partial charge on any atom is -0.454 e. The van der Waals surface area contributed by atoms with E-state index < -0.39 is 0 Å². The number of furan rings is 1. The molecule has 1 aliphatic rings. The maximum Gasteiger partial charge on any atom is 0.154 e. The highest BCUT2D eigenvalue weighted by molar-refractivity contribution is 5.90. The summed E-state index contributed by atoms with van der Waals surface area (Å²) in [5.74, 6) is 0.965. The largest absolute Gasteiger partial charge is 0.454 e. The van der Waals surface area contributed by atoms with E-state index in [0.717, 1.165) is 35.6 Å². The van der Waals surface area contributed by atoms with Gasteiger partial charge in [0.25, 0.3) is 0 Å². The molecule has 0 aliphatic heterocycles. The van der Waals surface area contributed by atoms with Crippen LogP contribution in [0.25, 0.3) is 16.7 Å². The van der Waals surface area contributed by atoms with E-state index in [4.69, 9.17) is 4.42 Å². The quantitative estimate of drug-likeness (QED) is 0.669. The molecule has 1 aliphatic carbocycles. The van der Waals surface area contributed by atoms with Gasteiger partial charge in [-0.15, -0.1) is 0 Å². The van der Waals surface area contributed by atoms with E-state index in [1.54, 1.807) is 12.2 Å². The van der Waals surface area contributed by atoms with Gasteiger partial charge >= 0.3 is 0 Å². The van der Waals surface area contributed by atoms with Crippen molar-refractivity contribution < 1.29 is 4.42 Å². The molecule has 25 heavy (non-hydrogen) atoms. The van der Waals surface area contributed by atoms with Crippen molar-refractivity contribution in [3.05, 3.63) is 77.7 Å². The Bertz CT molecular complexity index is 900. The van der Waals surface area contributed by atoms with Crippen LogP contribution in [0.1, 0.15) is 51.0 Å². The van der Waals surface area contributed by atoms with Crippen LogP contribution >= 0.6 is 0 Å². The maximum atomic E-state index is 6.45. The van der Waals surface area contributed by atoms with Gasteiger partial charge in [0, 0.05) is 22.2 Å². The van der Waals surface area contributed by atoms with Crippen molar-refractivity contribution in [2.45, 2.75) is 46.0 Å². The summed E-state index contributed by atoms with van der Waals surface area (Å²) < 4.78 is 6.45. The second-order valence-corrected chi connectivity index (χ2v) is 7.68. The zero-order chi connectivity index (χ0) is 18.2. The van der Waals surface area contributed by atoms with Crippen LogP contribution in [0.3, 0.4) is 0 Å². The number of rotatable bonds is 4. The van der Waals surface area contributed by atoms with Gasteiger partial charge in [-0.1, -0.05) is 58.2 Å². The van der Waals surface area contributed by atoms with E-state index in [2.05, 4.69) is 64.4 Å². The summed E-state index contributed by atoms with van der Waals surface area (Å²) in [4.78, 5) is 0. The van der Waals surface area contributed by atoms with Crippen LogP contribution in [0.4, 0.5) is 0 Å². The van der Waals surface area contributed by atoms with Gasteiger partial charge in [0.05, 0.1) is 5.70 Å². The Morgan fingerprint density at radius 1 is 1.20 bits per heavy atom. The SMILES string of the molecule is C=C/C=C(\C=C)NC1=C(C)CCc2c1oc1c(C(C)(C)C)cccc21. The van der Waals surface area contributed by atoms with Crippen molar-refractivity contribution in [1.82, 2.24) is 5.32 Å². The third-order valence-corrected chi connectivity index (χ3v) is 4.82. The Kier molecular flexibility index (Phi) is 4.47. The number of aryl methyl sites for hydroxylation is 1. The number of hydrogen-bond donors (Lipinski definition) is 1. The molecule has 0 saturated heterocycles. The molecule has 2 aromatic rings. The predicted molar refractivity (Wildman–Crippen MR) is 107 cm³/mol.